The number of unbranched alkanes of at least 4 members (excludes halogenated alkanes) is 9. The molecule has 0 saturated carbocycles. The van der Waals surface area contributed by atoms with E-state index in [1.807, 2.05) is 13.1 Å². The van der Waals surface area contributed by atoms with Crippen LogP contribution in [0.5, 0.6) is 0 Å². The highest BCUT2D eigenvalue weighted by Crippen LogP contribution is 2.31. The molecule has 1 rings (SSSR count). The van der Waals surface area contributed by atoms with Gasteiger partial charge in [-0.25, -0.2) is 0 Å². The molecule has 0 spiro atoms. The first-order valence-electron chi connectivity index (χ1n) is 8.69. The van der Waals surface area contributed by atoms with Crippen molar-refractivity contribution >= 4 is 22.9 Å². The van der Waals surface area contributed by atoms with Gasteiger partial charge in [0.1, 0.15) is 0 Å². The first-order valence-corrected chi connectivity index (χ1v) is 9.95. The number of hydrogen-bond donors (Lipinski definition) is 1. The Bertz CT molecular complexity index is 351. The Morgan fingerprint density at radius 3 is 2.05 bits per heavy atom. The lowest BCUT2D eigenvalue weighted by atomic mass is 10.0. The highest BCUT2D eigenvalue weighted by molar-refractivity contribution is 7.10. The molecule has 21 heavy (non-hydrogen) atoms. The van der Waals surface area contributed by atoms with E-state index in [-0.39, 0.29) is 0 Å². The maximum Gasteiger partial charge on any atom is 0.0561 e. The van der Waals surface area contributed by atoms with Crippen molar-refractivity contribution in [3.63, 3.8) is 0 Å². The summed E-state index contributed by atoms with van der Waals surface area (Å²) < 4.78 is 0. The molecule has 0 aromatic carbocycles. The van der Waals surface area contributed by atoms with Gasteiger partial charge in [0.15, 0.2) is 0 Å². The lowest BCUT2D eigenvalue weighted by Gasteiger charge is -2.15. The second kappa shape index (κ2) is 12.5. The molecule has 0 aliphatic carbocycles. The average molecular weight is 330 g/mol. The zero-order valence-electron chi connectivity index (χ0n) is 13.8. The van der Waals surface area contributed by atoms with Gasteiger partial charge < -0.3 is 5.32 Å². The molecule has 0 radical (unpaired) electrons. The Balaban J connectivity index is 1.99. The molecule has 1 atom stereocenters. The predicted octanol–water partition coefficient (Wildman–Crippen LogP) is 6.97. The molecule has 1 aromatic rings. The molecule has 0 fully saturated rings. The molecule has 1 nitrogen and oxygen atoms in total. The summed E-state index contributed by atoms with van der Waals surface area (Å²) in [7, 11) is 2.04. The molecule has 0 amide bonds. The zero-order valence-corrected chi connectivity index (χ0v) is 15.4. The summed E-state index contributed by atoms with van der Waals surface area (Å²) in [6.07, 6.45) is 15.2. The van der Waals surface area contributed by atoms with E-state index in [0.29, 0.717) is 6.04 Å². The molecule has 1 heterocycles. The second-order valence-corrected chi connectivity index (χ2v) is 7.30. The van der Waals surface area contributed by atoms with Crippen molar-refractivity contribution in [2.45, 2.75) is 83.6 Å². The van der Waals surface area contributed by atoms with Gasteiger partial charge in [0.2, 0.25) is 0 Å². The molecule has 0 aliphatic rings. The minimum absolute atomic E-state index is 0.437. The smallest absolute Gasteiger partial charge is 0.0561 e. The van der Waals surface area contributed by atoms with E-state index in [1.54, 1.807) is 11.3 Å². The molecule has 122 valence electrons. The zero-order chi connectivity index (χ0) is 15.3. The molecule has 0 aliphatic heterocycles. The first kappa shape index (κ1) is 19.0. The van der Waals surface area contributed by atoms with Gasteiger partial charge in [0.05, 0.1) is 5.02 Å². The Morgan fingerprint density at radius 1 is 1.00 bits per heavy atom. The lowest BCUT2D eigenvalue weighted by molar-refractivity contribution is 0.497. The van der Waals surface area contributed by atoms with E-state index in [4.69, 9.17) is 11.6 Å². The summed E-state index contributed by atoms with van der Waals surface area (Å²) in [5, 5.41) is 6.41. The summed E-state index contributed by atoms with van der Waals surface area (Å²) in [5.41, 5.74) is 0. The molecular formula is C18H32ClNS. The fraction of sp³-hybridized carbons (Fsp3) is 0.778. The Kier molecular flexibility index (Phi) is 11.3. The van der Waals surface area contributed by atoms with Crippen LogP contribution in [0.4, 0.5) is 0 Å². The number of rotatable bonds is 13. The van der Waals surface area contributed by atoms with Gasteiger partial charge in [0, 0.05) is 10.9 Å². The maximum atomic E-state index is 6.22. The third-order valence-corrected chi connectivity index (χ3v) is 5.63. The predicted molar refractivity (Wildman–Crippen MR) is 97.6 cm³/mol. The van der Waals surface area contributed by atoms with Crippen LogP contribution in [0.3, 0.4) is 0 Å². The van der Waals surface area contributed by atoms with Crippen molar-refractivity contribution in [3.8, 4) is 0 Å². The fourth-order valence-corrected chi connectivity index (χ4v) is 4.13. The van der Waals surface area contributed by atoms with Crippen LogP contribution in [0.1, 0.15) is 88.5 Å². The van der Waals surface area contributed by atoms with E-state index in [1.165, 1.54) is 75.5 Å². The number of hydrogen-bond acceptors (Lipinski definition) is 2. The van der Waals surface area contributed by atoms with Gasteiger partial charge in [-0.3, -0.25) is 0 Å². The second-order valence-electron chi connectivity index (χ2n) is 5.94. The Morgan fingerprint density at radius 2 is 1.57 bits per heavy atom. The maximum absolute atomic E-state index is 6.22. The van der Waals surface area contributed by atoms with E-state index in [2.05, 4.69) is 17.6 Å². The summed E-state index contributed by atoms with van der Waals surface area (Å²) in [4.78, 5) is 1.30. The highest BCUT2D eigenvalue weighted by Gasteiger charge is 2.13. The Hall–Kier alpha value is -0.0500. The van der Waals surface area contributed by atoms with Crippen LogP contribution in [-0.2, 0) is 0 Å². The fourth-order valence-electron chi connectivity index (χ4n) is 2.80. The quantitative estimate of drug-likeness (QED) is 0.385. The van der Waals surface area contributed by atoms with Crippen LogP contribution >= 0.6 is 22.9 Å². The van der Waals surface area contributed by atoms with E-state index in [0.717, 1.165) is 5.02 Å². The highest BCUT2D eigenvalue weighted by atomic mass is 35.5. The Labute approximate surface area is 140 Å². The van der Waals surface area contributed by atoms with Crippen LogP contribution in [0.15, 0.2) is 11.4 Å². The minimum atomic E-state index is 0.437. The van der Waals surface area contributed by atoms with Gasteiger partial charge in [-0.05, 0) is 24.9 Å². The van der Waals surface area contributed by atoms with E-state index in [9.17, 15) is 0 Å². The molecule has 1 unspecified atom stereocenters. The first-order chi connectivity index (χ1) is 10.3. The monoisotopic (exact) mass is 329 g/mol. The third-order valence-electron chi connectivity index (χ3n) is 4.16. The van der Waals surface area contributed by atoms with Crippen LogP contribution in [-0.4, -0.2) is 7.05 Å². The van der Waals surface area contributed by atoms with E-state index < -0.39 is 0 Å². The number of thiophene rings is 1. The summed E-state index contributed by atoms with van der Waals surface area (Å²) in [6.45, 7) is 2.28. The van der Waals surface area contributed by atoms with Crippen LogP contribution in [0.25, 0.3) is 0 Å². The normalized spacial score (nSPS) is 12.7. The molecular weight excluding hydrogens is 298 g/mol. The van der Waals surface area contributed by atoms with Crippen molar-refractivity contribution < 1.29 is 0 Å². The van der Waals surface area contributed by atoms with Crippen molar-refractivity contribution in [2.24, 2.45) is 0 Å². The SMILES string of the molecule is CCCCCCCCCCCCC(NC)c1sccc1Cl. The summed E-state index contributed by atoms with van der Waals surface area (Å²) in [6, 6.07) is 2.44. The van der Waals surface area contributed by atoms with Crippen molar-refractivity contribution in [3.05, 3.63) is 21.3 Å². The van der Waals surface area contributed by atoms with Crippen molar-refractivity contribution in [2.75, 3.05) is 7.05 Å². The number of nitrogens with one attached hydrogen (secondary N) is 1. The van der Waals surface area contributed by atoms with Gasteiger partial charge in [-0.2, -0.15) is 0 Å². The number of halogens is 1. The summed E-state index contributed by atoms with van der Waals surface area (Å²) >= 11 is 7.99. The minimum Gasteiger partial charge on any atom is -0.312 e. The van der Waals surface area contributed by atoms with Gasteiger partial charge in [-0.1, -0.05) is 82.7 Å². The molecule has 0 saturated heterocycles. The van der Waals surface area contributed by atoms with Crippen LogP contribution in [0.2, 0.25) is 5.02 Å². The van der Waals surface area contributed by atoms with E-state index >= 15 is 0 Å². The lowest BCUT2D eigenvalue weighted by Crippen LogP contribution is -2.15. The van der Waals surface area contributed by atoms with Gasteiger partial charge in [-0.15, -0.1) is 11.3 Å². The molecule has 3 heteroatoms. The molecule has 1 N–H and O–H groups in total. The van der Waals surface area contributed by atoms with Crippen LogP contribution < -0.4 is 5.32 Å². The van der Waals surface area contributed by atoms with Crippen LogP contribution in [0, 0.1) is 0 Å². The molecule has 0 bridgehead atoms. The molecule has 1 aromatic heterocycles. The largest absolute Gasteiger partial charge is 0.312 e. The third kappa shape index (κ3) is 8.23. The standard InChI is InChI=1S/C18H32ClNS/c1-3-4-5-6-7-8-9-10-11-12-13-17(20-2)18-16(19)14-15-21-18/h14-15,17,20H,3-13H2,1-2H3. The van der Waals surface area contributed by atoms with Gasteiger partial charge in [0.25, 0.3) is 0 Å². The van der Waals surface area contributed by atoms with Crippen molar-refractivity contribution in [1.82, 2.24) is 5.32 Å². The van der Waals surface area contributed by atoms with Crippen molar-refractivity contribution in [1.29, 1.82) is 0 Å². The summed E-state index contributed by atoms with van der Waals surface area (Å²) in [5.74, 6) is 0. The van der Waals surface area contributed by atoms with Gasteiger partial charge >= 0.3 is 0 Å². The average Bonchev–Trinajstić information content (AvgIpc) is 2.91. The topological polar surface area (TPSA) is 12.0 Å².